The van der Waals surface area contributed by atoms with Gasteiger partial charge in [0.25, 0.3) is 11.8 Å². The fourth-order valence-corrected chi connectivity index (χ4v) is 3.00. The van der Waals surface area contributed by atoms with Crippen LogP contribution in [0.5, 0.6) is 5.75 Å². The molecule has 1 N–H and O–H groups in total. The molecule has 0 atom stereocenters. The number of carbonyl (C=O) groups is 3. The highest BCUT2D eigenvalue weighted by Crippen LogP contribution is 2.22. The highest BCUT2D eigenvalue weighted by molar-refractivity contribution is 6.21. The van der Waals surface area contributed by atoms with Crippen LogP contribution < -0.4 is 10.1 Å². The Hall–Kier alpha value is -3.15. The van der Waals surface area contributed by atoms with E-state index in [4.69, 9.17) is 4.74 Å². The average molecular weight is 366 g/mol. The molecular weight excluding hydrogens is 344 g/mol. The van der Waals surface area contributed by atoms with Crippen molar-refractivity contribution < 1.29 is 19.1 Å². The summed E-state index contributed by atoms with van der Waals surface area (Å²) < 4.78 is 5.38. The predicted octanol–water partition coefficient (Wildman–Crippen LogP) is 2.78. The predicted molar refractivity (Wildman–Crippen MR) is 101 cm³/mol. The number of carbonyl (C=O) groups excluding carboxylic acids is 3. The number of nitrogens with zero attached hydrogens (tertiary/aromatic N) is 1. The van der Waals surface area contributed by atoms with Crippen molar-refractivity contribution in [3.63, 3.8) is 0 Å². The molecule has 0 saturated carbocycles. The van der Waals surface area contributed by atoms with E-state index >= 15 is 0 Å². The Kier molecular flexibility index (Phi) is 5.86. The first kappa shape index (κ1) is 18.6. The lowest BCUT2D eigenvalue weighted by molar-refractivity contribution is -0.121. The molecule has 6 heteroatoms. The Balaban J connectivity index is 1.42. The highest BCUT2D eigenvalue weighted by atomic mass is 16.5. The number of nitrogens with one attached hydrogen (secondary N) is 1. The van der Waals surface area contributed by atoms with E-state index in [1.54, 1.807) is 24.3 Å². The van der Waals surface area contributed by atoms with Gasteiger partial charge in [-0.05, 0) is 43.2 Å². The topological polar surface area (TPSA) is 75.7 Å². The van der Waals surface area contributed by atoms with Gasteiger partial charge in [-0.15, -0.1) is 0 Å². The van der Waals surface area contributed by atoms with Crippen molar-refractivity contribution in [2.45, 2.75) is 26.3 Å². The molecule has 1 aliphatic rings. The van der Waals surface area contributed by atoms with E-state index in [0.717, 1.165) is 11.3 Å². The maximum absolute atomic E-state index is 12.3. The molecule has 0 saturated heterocycles. The minimum absolute atomic E-state index is 0.111. The van der Waals surface area contributed by atoms with Gasteiger partial charge >= 0.3 is 0 Å². The van der Waals surface area contributed by atoms with Crippen LogP contribution in [0.25, 0.3) is 0 Å². The summed E-state index contributed by atoms with van der Waals surface area (Å²) in [4.78, 5) is 37.8. The van der Waals surface area contributed by atoms with Gasteiger partial charge in [0.05, 0.1) is 17.7 Å². The van der Waals surface area contributed by atoms with Crippen molar-refractivity contribution in [2.24, 2.45) is 0 Å². The first-order valence-corrected chi connectivity index (χ1v) is 9.04. The second kappa shape index (κ2) is 8.49. The van der Waals surface area contributed by atoms with Crippen LogP contribution >= 0.6 is 0 Å². The standard InChI is InChI=1S/C21H22N2O4/c1-2-27-16-11-9-15(10-12-16)14-22-19(24)8-5-13-23-20(25)17-6-3-4-7-18(17)21(23)26/h3-4,6-7,9-12H,2,5,8,13-14H2,1H3,(H,22,24). The van der Waals surface area contributed by atoms with Gasteiger partial charge in [-0.1, -0.05) is 24.3 Å². The van der Waals surface area contributed by atoms with E-state index in [9.17, 15) is 14.4 Å². The Morgan fingerprint density at radius 1 is 1.00 bits per heavy atom. The van der Waals surface area contributed by atoms with E-state index in [2.05, 4.69) is 5.32 Å². The third-order valence-corrected chi connectivity index (χ3v) is 4.39. The van der Waals surface area contributed by atoms with Crippen LogP contribution in [0.15, 0.2) is 48.5 Å². The first-order chi connectivity index (χ1) is 13.1. The number of hydrogen-bond acceptors (Lipinski definition) is 4. The molecule has 2 aromatic carbocycles. The summed E-state index contributed by atoms with van der Waals surface area (Å²) in [6.07, 6.45) is 0.686. The molecule has 3 amide bonds. The third kappa shape index (κ3) is 4.34. The fraction of sp³-hybridized carbons (Fsp3) is 0.286. The quantitative estimate of drug-likeness (QED) is 0.729. The van der Waals surface area contributed by atoms with Gasteiger partial charge in [0, 0.05) is 19.5 Å². The molecule has 1 heterocycles. The Bertz CT molecular complexity index is 811. The molecule has 3 rings (SSSR count). The van der Waals surface area contributed by atoms with Gasteiger partial charge in [0.15, 0.2) is 0 Å². The summed E-state index contributed by atoms with van der Waals surface area (Å²) in [7, 11) is 0. The van der Waals surface area contributed by atoms with Crippen LogP contribution in [0.3, 0.4) is 0 Å². The van der Waals surface area contributed by atoms with Gasteiger partial charge < -0.3 is 10.1 Å². The molecule has 0 aromatic heterocycles. The van der Waals surface area contributed by atoms with E-state index in [1.807, 2.05) is 31.2 Å². The second-order valence-electron chi connectivity index (χ2n) is 6.26. The third-order valence-electron chi connectivity index (χ3n) is 4.39. The van der Waals surface area contributed by atoms with Crippen molar-refractivity contribution in [1.82, 2.24) is 10.2 Å². The molecule has 140 valence electrons. The van der Waals surface area contributed by atoms with Gasteiger partial charge in [-0.2, -0.15) is 0 Å². The van der Waals surface area contributed by atoms with Crippen molar-refractivity contribution in [3.8, 4) is 5.75 Å². The van der Waals surface area contributed by atoms with Crippen LogP contribution in [0.4, 0.5) is 0 Å². The lowest BCUT2D eigenvalue weighted by Crippen LogP contribution is -2.32. The Labute approximate surface area is 158 Å². The molecule has 6 nitrogen and oxygen atoms in total. The maximum atomic E-state index is 12.3. The molecular formula is C21H22N2O4. The van der Waals surface area contributed by atoms with Crippen molar-refractivity contribution in [3.05, 3.63) is 65.2 Å². The lowest BCUT2D eigenvalue weighted by Gasteiger charge is -2.13. The minimum atomic E-state index is -0.287. The van der Waals surface area contributed by atoms with E-state index in [0.29, 0.717) is 30.7 Å². The number of hydrogen-bond donors (Lipinski definition) is 1. The monoisotopic (exact) mass is 366 g/mol. The van der Waals surface area contributed by atoms with Crippen LogP contribution in [-0.2, 0) is 11.3 Å². The van der Waals surface area contributed by atoms with E-state index in [1.165, 1.54) is 4.90 Å². The second-order valence-corrected chi connectivity index (χ2v) is 6.26. The summed E-state index contributed by atoms with van der Waals surface area (Å²) >= 11 is 0. The zero-order valence-corrected chi connectivity index (χ0v) is 15.2. The minimum Gasteiger partial charge on any atom is -0.494 e. The van der Waals surface area contributed by atoms with Crippen LogP contribution in [0.2, 0.25) is 0 Å². The molecule has 0 unspecified atom stereocenters. The molecule has 0 aliphatic carbocycles. The first-order valence-electron chi connectivity index (χ1n) is 9.04. The zero-order valence-electron chi connectivity index (χ0n) is 15.2. The van der Waals surface area contributed by atoms with Crippen molar-refractivity contribution in [1.29, 1.82) is 0 Å². The normalized spacial score (nSPS) is 12.9. The Morgan fingerprint density at radius 3 is 2.22 bits per heavy atom. The van der Waals surface area contributed by atoms with Crippen LogP contribution in [0.1, 0.15) is 46.0 Å². The van der Waals surface area contributed by atoms with Gasteiger partial charge in [0.2, 0.25) is 5.91 Å². The van der Waals surface area contributed by atoms with E-state index < -0.39 is 0 Å². The van der Waals surface area contributed by atoms with Gasteiger partial charge in [-0.25, -0.2) is 0 Å². The zero-order chi connectivity index (χ0) is 19.2. The van der Waals surface area contributed by atoms with Crippen LogP contribution in [-0.4, -0.2) is 35.8 Å². The number of fused-ring (bicyclic) bond motifs is 1. The molecule has 0 fully saturated rings. The van der Waals surface area contributed by atoms with Gasteiger partial charge in [0.1, 0.15) is 5.75 Å². The molecule has 2 aromatic rings. The Morgan fingerprint density at radius 2 is 1.63 bits per heavy atom. The number of imide groups is 1. The average Bonchev–Trinajstić information content (AvgIpc) is 2.93. The molecule has 27 heavy (non-hydrogen) atoms. The number of benzene rings is 2. The number of ether oxygens (including phenoxy) is 1. The fourth-order valence-electron chi connectivity index (χ4n) is 3.00. The van der Waals surface area contributed by atoms with Crippen molar-refractivity contribution in [2.75, 3.05) is 13.2 Å². The van der Waals surface area contributed by atoms with Crippen LogP contribution in [0, 0.1) is 0 Å². The number of amides is 3. The maximum Gasteiger partial charge on any atom is 0.261 e. The summed E-state index contributed by atoms with van der Waals surface area (Å²) in [6, 6.07) is 14.3. The molecule has 1 aliphatic heterocycles. The summed E-state index contributed by atoms with van der Waals surface area (Å²) in [5.41, 5.74) is 1.84. The lowest BCUT2D eigenvalue weighted by atomic mass is 10.1. The largest absolute Gasteiger partial charge is 0.494 e. The summed E-state index contributed by atoms with van der Waals surface area (Å²) in [5, 5.41) is 2.85. The summed E-state index contributed by atoms with van der Waals surface area (Å²) in [6.45, 7) is 3.21. The molecule has 0 bridgehead atoms. The van der Waals surface area contributed by atoms with E-state index in [-0.39, 0.29) is 30.7 Å². The smallest absolute Gasteiger partial charge is 0.261 e. The summed E-state index contributed by atoms with van der Waals surface area (Å²) in [5.74, 6) is 0.116. The number of rotatable bonds is 8. The van der Waals surface area contributed by atoms with Gasteiger partial charge in [-0.3, -0.25) is 19.3 Å². The van der Waals surface area contributed by atoms with Crippen molar-refractivity contribution >= 4 is 17.7 Å². The highest BCUT2D eigenvalue weighted by Gasteiger charge is 2.34. The molecule has 0 spiro atoms. The molecule has 0 radical (unpaired) electrons. The SMILES string of the molecule is CCOc1ccc(CNC(=O)CCCN2C(=O)c3ccccc3C2=O)cc1.